The molecule has 1 aliphatic rings. The number of carbonyl (C=O) groups is 2. The summed E-state index contributed by atoms with van der Waals surface area (Å²) in [7, 11) is 0. The lowest BCUT2D eigenvalue weighted by Crippen LogP contribution is -2.49. The van der Waals surface area contributed by atoms with Crippen molar-refractivity contribution >= 4 is 17.5 Å². The molecule has 5 heteroatoms. The third-order valence-corrected chi connectivity index (χ3v) is 3.48. The van der Waals surface area contributed by atoms with E-state index in [9.17, 15) is 14.7 Å². The van der Waals surface area contributed by atoms with Crippen molar-refractivity contribution in [2.24, 2.45) is 0 Å². The molecule has 1 fully saturated rings. The van der Waals surface area contributed by atoms with Gasteiger partial charge in [-0.1, -0.05) is 12.1 Å². The molecular weight excluding hydrogens is 256 g/mol. The fraction of sp³-hybridized carbons (Fsp3) is 0.467. The number of urea groups is 1. The number of nitrogens with one attached hydrogen (secondary N) is 1. The van der Waals surface area contributed by atoms with Gasteiger partial charge in [0.2, 0.25) is 0 Å². The minimum atomic E-state index is -0.823. The number of likely N-dealkylation sites (tertiary alicyclic amines) is 1. The number of ketones is 1. The predicted octanol–water partition coefficient (Wildman–Crippen LogP) is 2.27. The first-order chi connectivity index (χ1) is 9.37. The maximum absolute atomic E-state index is 12.2. The van der Waals surface area contributed by atoms with Gasteiger partial charge in [-0.3, -0.25) is 4.79 Å². The van der Waals surface area contributed by atoms with Crippen molar-refractivity contribution in [3.8, 4) is 0 Å². The van der Waals surface area contributed by atoms with Crippen LogP contribution in [0, 0.1) is 0 Å². The Morgan fingerprint density at radius 2 is 2.15 bits per heavy atom. The normalized spacial score (nSPS) is 22.4. The third kappa shape index (κ3) is 3.57. The predicted molar refractivity (Wildman–Crippen MR) is 76.9 cm³/mol. The number of aliphatic hydroxyl groups is 1. The van der Waals surface area contributed by atoms with Crippen LogP contribution in [0.2, 0.25) is 0 Å². The van der Waals surface area contributed by atoms with Gasteiger partial charge in [0.05, 0.1) is 12.1 Å². The molecule has 0 aliphatic carbocycles. The van der Waals surface area contributed by atoms with Crippen molar-refractivity contribution in [1.29, 1.82) is 0 Å². The fourth-order valence-corrected chi connectivity index (χ4v) is 2.41. The van der Waals surface area contributed by atoms with Crippen LogP contribution >= 0.6 is 0 Å². The lowest BCUT2D eigenvalue weighted by Gasteiger charge is -2.36. The second-order valence-electron chi connectivity index (χ2n) is 5.59. The van der Waals surface area contributed by atoms with Crippen molar-refractivity contribution in [2.45, 2.75) is 32.3 Å². The molecule has 0 bridgehead atoms. The Hall–Kier alpha value is -1.88. The molecule has 0 radical (unpaired) electrons. The van der Waals surface area contributed by atoms with E-state index in [1.165, 1.54) is 6.92 Å². The van der Waals surface area contributed by atoms with E-state index in [2.05, 4.69) is 5.32 Å². The van der Waals surface area contributed by atoms with Gasteiger partial charge in [-0.05, 0) is 38.8 Å². The van der Waals surface area contributed by atoms with Gasteiger partial charge in [0.1, 0.15) is 0 Å². The molecule has 2 amide bonds. The summed E-state index contributed by atoms with van der Waals surface area (Å²) in [5.41, 5.74) is 0.331. The number of carbonyl (C=O) groups excluding carboxylic acids is 2. The summed E-state index contributed by atoms with van der Waals surface area (Å²) < 4.78 is 0. The van der Waals surface area contributed by atoms with Crippen molar-refractivity contribution in [3.05, 3.63) is 29.8 Å². The number of rotatable bonds is 2. The summed E-state index contributed by atoms with van der Waals surface area (Å²) in [5, 5.41) is 12.8. The zero-order valence-corrected chi connectivity index (χ0v) is 11.8. The Labute approximate surface area is 118 Å². The van der Waals surface area contributed by atoms with E-state index in [4.69, 9.17) is 0 Å². The second-order valence-corrected chi connectivity index (χ2v) is 5.59. The van der Waals surface area contributed by atoms with Gasteiger partial charge < -0.3 is 15.3 Å². The molecule has 1 aliphatic heterocycles. The van der Waals surface area contributed by atoms with E-state index in [0.29, 0.717) is 30.8 Å². The van der Waals surface area contributed by atoms with Gasteiger partial charge >= 0.3 is 6.03 Å². The average Bonchev–Trinajstić information content (AvgIpc) is 2.37. The zero-order chi connectivity index (χ0) is 14.8. The number of benzene rings is 1. The van der Waals surface area contributed by atoms with E-state index in [1.807, 2.05) is 0 Å². The number of hydrogen-bond donors (Lipinski definition) is 2. The molecule has 108 valence electrons. The standard InChI is InChI=1S/C15H20N2O3/c1-11(18)12-5-3-6-13(9-12)16-14(19)17-8-4-7-15(2,20)10-17/h3,5-6,9,20H,4,7-8,10H2,1-2H3,(H,16,19). The molecule has 2 rings (SSSR count). The molecule has 1 unspecified atom stereocenters. The smallest absolute Gasteiger partial charge is 0.321 e. The Bertz CT molecular complexity index is 526. The monoisotopic (exact) mass is 276 g/mol. The van der Waals surface area contributed by atoms with Crippen molar-refractivity contribution in [1.82, 2.24) is 4.90 Å². The van der Waals surface area contributed by atoms with Crippen LogP contribution < -0.4 is 5.32 Å². The summed E-state index contributed by atoms with van der Waals surface area (Å²) in [6.07, 6.45) is 1.49. The maximum atomic E-state index is 12.2. The van der Waals surface area contributed by atoms with Gasteiger partial charge in [0.15, 0.2) is 5.78 Å². The zero-order valence-electron chi connectivity index (χ0n) is 11.8. The van der Waals surface area contributed by atoms with Gasteiger partial charge in [-0.2, -0.15) is 0 Å². The topological polar surface area (TPSA) is 69.6 Å². The number of Topliss-reactive ketones (excluding diaryl/α,β-unsaturated/α-hetero) is 1. The quantitative estimate of drug-likeness (QED) is 0.814. The molecule has 0 aromatic heterocycles. The highest BCUT2D eigenvalue weighted by Gasteiger charge is 2.30. The average molecular weight is 276 g/mol. The summed E-state index contributed by atoms with van der Waals surface area (Å²) in [6, 6.07) is 6.60. The lowest BCUT2D eigenvalue weighted by molar-refractivity contribution is -0.000635. The van der Waals surface area contributed by atoms with Gasteiger partial charge in [0, 0.05) is 17.8 Å². The maximum Gasteiger partial charge on any atom is 0.321 e. The molecular formula is C15H20N2O3. The van der Waals surface area contributed by atoms with Gasteiger partial charge in [-0.15, -0.1) is 0 Å². The Kier molecular flexibility index (Phi) is 4.09. The number of hydrogen-bond acceptors (Lipinski definition) is 3. The first-order valence-electron chi connectivity index (χ1n) is 6.77. The SMILES string of the molecule is CC(=O)c1cccc(NC(=O)N2CCCC(C)(O)C2)c1. The molecule has 1 aromatic carbocycles. The summed E-state index contributed by atoms with van der Waals surface area (Å²) in [4.78, 5) is 25.1. The van der Waals surface area contributed by atoms with Gasteiger partial charge in [-0.25, -0.2) is 4.79 Å². The van der Waals surface area contributed by atoms with E-state index in [-0.39, 0.29) is 11.8 Å². The molecule has 0 saturated carbocycles. The minimum absolute atomic E-state index is 0.0398. The Morgan fingerprint density at radius 1 is 1.40 bits per heavy atom. The first kappa shape index (κ1) is 14.5. The fourth-order valence-electron chi connectivity index (χ4n) is 2.41. The van der Waals surface area contributed by atoms with Crippen LogP contribution in [0.4, 0.5) is 10.5 Å². The number of amides is 2. The molecule has 20 heavy (non-hydrogen) atoms. The van der Waals surface area contributed by atoms with E-state index >= 15 is 0 Å². The highest BCUT2D eigenvalue weighted by Crippen LogP contribution is 2.21. The summed E-state index contributed by atoms with van der Waals surface area (Å²) in [5.74, 6) is -0.0398. The van der Waals surface area contributed by atoms with Crippen LogP contribution in [-0.2, 0) is 0 Å². The highest BCUT2D eigenvalue weighted by atomic mass is 16.3. The number of β-amino-alcohol motifs (C(OH)–C–C–N with tert-alkyl or cyclic N) is 1. The molecule has 1 aromatic rings. The minimum Gasteiger partial charge on any atom is -0.388 e. The van der Waals surface area contributed by atoms with E-state index in [1.54, 1.807) is 36.1 Å². The second kappa shape index (κ2) is 5.63. The van der Waals surface area contributed by atoms with Crippen LogP contribution in [-0.4, -0.2) is 40.5 Å². The Morgan fingerprint density at radius 3 is 2.80 bits per heavy atom. The van der Waals surface area contributed by atoms with Crippen LogP contribution in [0.1, 0.15) is 37.0 Å². The highest BCUT2D eigenvalue weighted by molar-refractivity contribution is 5.96. The summed E-state index contributed by atoms with van der Waals surface area (Å²) >= 11 is 0. The van der Waals surface area contributed by atoms with Crippen LogP contribution in [0.25, 0.3) is 0 Å². The van der Waals surface area contributed by atoms with Crippen LogP contribution in [0.5, 0.6) is 0 Å². The van der Waals surface area contributed by atoms with Gasteiger partial charge in [0.25, 0.3) is 0 Å². The molecule has 1 saturated heterocycles. The van der Waals surface area contributed by atoms with Crippen LogP contribution in [0.15, 0.2) is 24.3 Å². The van der Waals surface area contributed by atoms with Crippen LogP contribution in [0.3, 0.4) is 0 Å². The number of nitrogens with zero attached hydrogens (tertiary/aromatic N) is 1. The van der Waals surface area contributed by atoms with Crippen molar-refractivity contribution in [3.63, 3.8) is 0 Å². The number of piperidine rings is 1. The molecule has 2 N–H and O–H groups in total. The summed E-state index contributed by atoms with van der Waals surface area (Å²) in [6.45, 7) is 4.19. The largest absolute Gasteiger partial charge is 0.388 e. The van der Waals surface area contributed by atoms with Crippen molar-refractivity contribution < 1.29 is 14.7 Å². The van der Waals surface area contributed by atoms with Crippen molar-refractivity contribution in [2.75, 3.05) is 18.4 Å². The Balaban J connectivity index is 2.04. The molecule has 5 nitrogen and oxygen atoms in total. The van der Waals surface area contributed by atoms with E-state index in [0.717, 1.165) is 6.42 Å². The number of anilines is 1. The third-order valence-electron chi connectivity index (χ3n) is 3.48. The lowest BCUT2D eigenvalue weighted by atomic mass is 9.95. The first-order valence-corrected chi connectivity index (χ1v) is 6.77. The van der Waals surface area contributed by atoms with E-state index < -0.39 is 5.60 Å². The molecule has 1 atom stereocenters. The molecule has 1 heterocycles. The molecule has 0 spiro atoms.